The maximum Gasteiger partial charge on any atom is 0.325 e. The highest BCUT2D eigenvalue weighted by molar-refractivity contribution is 9.10. The minimum absolute atomic E-state index is 0.182. The summed E-state index contributed by atoms with van der Waals surface area (Å²) in [5.74, 6) is -1.09. The van der Waals surface area contributed by atoms with E-state index in [2.05, 4.69) is 26.0 Å². The van der Waals surface area contributed by atoms with Gasteiger partial charge in [-0.15, -0.1) is 0 Å². The summed E-state index contributed by atoms with van der Waals surface area (Å²) in [6.07, 6.45) is 1.54. The molecule has 1 aliphatic rings. The van der Waals surface area contributed by atoms with E-state index >= 15 is 0 Å². The number of hydrogen-bond donors (Lipinski definition) is 1. The summed E-state index contributed by atoms with van der Waals surface area (Å²) in [4.78, 5) is 49.0. The van der Waals surface area contributed by atoms with Crippen LogP contribution in [0.25, 0.3) is 6.08 Å². The number of thioether (sulfide) groups is 1. The van der Waals surface area contributed by atoms with Crippen molar-refractivity contribution in [3.63, 3.8) is 0 Å². The van der Waals surface area contributed by atoms with Crippen molar-refractivity contribution in [3.8, 4) is 5.75 Å². The zero-order valence-electron chi connectivity index (χ0n) is 17.2. The van der Waals surface area contributed by atoms with E-state index in [0.717, 1.165) is 27.9 Å². The molecule has 0 atom stereocenters. The SMILES string of the molecule is COC(=O)CN1C(=O)S/C(=C\c2ccc(OCC(=O)Nc3ccccc3C)c(Br)c2)C1=O. The molecule has 3 rings (SSSR count). The molecule has 0 unspecified atom stereocenters. The largest absolute Gasteiger partial charge is 0.483 e. The van der Waals surface area contributed by atoms with Gasteiger partial charge in [-0.1, -0.05) is 24.3 Å². The lowest BCUT2D eigenvalue weighted by molar-refractivity contribution is -0.143. The fourth-order valence-corrected chi connectivity index (χ4v) is 4.10. The Hall–Kier alpha value is -3.11. The maximum atomic E-state index is 12.4. The van der Waals surface area contributed by atoms with Crippen molar-refractivity contribution >= 4 is 62.5 Å². The van der Waals surface area contributed by atoms with Gasteiger partial charge in [0.05, 0.1) is 16.5 Å². The molecule has 0 saturated carbocycles. The topological polar surface area (TPSA) is 102 Å². The highest BCUT2D eigenvalue weighted by atomic mass is 79.9. The van der Waals surface area contributed by atoms with Crippen LogP contribution in [0.4, 0.5) is 10.5 Å². The normalized spacial score (nSPS) is 14.6. The molecule has 1 saturated heterocycles. The first-order chi connectivity index (χ1) is 15.3. The third-order valence-electron chi connectivity index (χ3n) is 4.42. The number of benzene rings is 2. The quantitative estimate of drug-likeness (QED) is 0.436. The highest BCUT2D eigenvalue weighted by Gasteiger charge is 2.36. The van der Waals surface area contributed by atoms with Crippen molar-refractivity contribution in [1.82, 2.24) is 4.90 Å². The second-order valence-corrected chi connectivity index (χ2v) is 8.53. The van der Waals surface area contributed by atoms with Gasteiger partial charge < -0.3 is 14.8 Å². The summed E-state index contributed by atoms with van der Waals surface area (Å²) >= 11 is 4.14. The van der Waals surface area contributed by atoms with E-state index in [4.69, 9.17) is 4.74 Å². The molecule has 0 aliphatic carbocycles. The highest BCUT2D eigenvalue weighted by Crippen LogP contribution is 2.33. The average molecular weight is 519 g/mol. The molecular weight excluding hydrogens is 500 g/mol. The van der Waals surface area contributed by atoms with Crippen LogP contribution in [-0.2, 0) is 19.1 Å². The van der Waals surface area contributed by atoms with Gasteiger partial charge in [-0.3, -0.25) is 24.1 Å². The van der Waals surface area contributed by atoms with E-state index in [1.807, 2.05) is 31.2 Å². The zero-order chi connectivity index (χ0) is 23.3. The van der Waals surface area contributed by atoms with Crippen molar-refractivity contribution in [1.29, 1.82) is 0 Å². The first kappa shape index (κ1) is 23.6. The van der Waals surface area contributed by atoms with Crippen molar-refractivity contribution in [2.45, 2.75) is 6.92 Å². The van der Waals surface area contributed by atoms with Gasteiger partial charge in [-0.2, -0.15) is 0 Å². The van der Waals surface area contributed by atoms with E-state index < -0.39 is 23.7 Å². The summed E-state index contributed by atoms with van der Waals surface area (Å²) in [6, 6.07) is 12.5. The third-order valence-corrected chi connectivity index (χ3v) is 5.95. The number of esters is 1. The molecule has 1 heterocycles. The number of ether oxygens (including phenoxy) is 2. The Kier molecular flexibility index (Phi) is 7.70. The predicted octanol–water partition coefficient (Wildman–Crippen LogP) is 3.98. The number of imide groups is 1. The number of nitrogens with one attached hydrogen (secondary N) is 1. The minimum atomic E-state index is -0.677. The van der Waals surface area contributed by atoms with E-state index in [1.165, 1.54) is 7.11 Å². The summed E-state index contributed by atoms with van der Waals surface area (Å²) in [5, 5.41) is 2.26. The average Bonchev–Trinajstić information content (AvgIpc) is 3.02. The molecule has 0 aromatic heterocycles. The van der Waals surface area contributed by atoms with Crippen LogP contribution < -0.4 is 10.1 Å². The van der Waals surface area contributed by atoms with E-state index in [1.54, 1.807) is 24.3 Å². The number of nitrogens with zero attached hydrogens (tertiary/aromatic N) is 1. The second-order valence-electron chi connectivity index (χ2n) is 6.69. The molecule has 0 spiro atoms. The summed E-state index contributed by atoms with van der Waals surface area (Å²) in [7, 11) is 1.19. The first-order valence-corrected chi connectivity index (χ1v) is 11.0. The van der Waals surface area contributed by atoms with Crippen LogP contribution in [0, 0.1) is 6.92 Å². The molecule has 1 aliphatic heterocycles. The van der Waals surface area contributed by atoms with Gasteiger partial charge in [0.25, 0.3) is 17.1 Å². The number of rotatable bonds is 7. The number of anilines is 1. The van der Waals surface area contributed by atoms with Crippen LogP contribution in [0.3, 0.4) is 0 Å². The predicted molar refractivity (Wildman–Crippen MR) is 124 cm³/mol. The molecule has 2 aromatic carbocycles. The van der Waals surface area contributed by atoms with Crippen molar-refractivity contribution < 1.29 is 28.7 Å². The molecule has 1 N–H and O–H groups in total. The standard InChI is InChI=1S/C22H19BrN2O6S/c1-13-5-3-4-6-16(13)24-19(26)12-31-17-8-7-14(9-15(17)23)10-18-21(28)25(22(29)32-18)11-20(27)30-2/h3-10H,11-12H2,1-2H3,(H,24,26)/b18-10-. The molecule has 0 bridgehead atoms. The van der Waals surface area contributed by atoms with Crippen molar-refractivity contribution in [2.24, 2.45) is 0 Å². The van der Waals surface area contributed by atoms with E-state index in [9.17, 15) is 19.2 Å². The van der Waals surface area contributed by atoms with Gasteiger partial charge in [0.15, 0.2) is 6.61 Å². The Labute approximate surface area is 197 Å². The fourth-order valence-electron chi connectivity index (χ4n) is 2.75. The number of hydrogen-bond acceptors (Lipinski definition) is 7. The number of para-hydroxylation sites is 1. The van der Waals surface area contributed by atoms with Crippen LogP contribution in [-0.4, -0.2) is 48.2 Å². The van der Waals surface area contributed by atoms with Gasteiger partial charge in [-0.25, -0.2) is 0 Å². The summed E-state index contributed by atoms with van der Waals surface area (Å²) in [6.45, 7) is 1.29. The lowest BCUT2D eigenvalue weighted by Crippen LogP contribution is -2.34. The number of carbonyl (C=O) groups is 4. The molecule has 8 nitrogen and oxygen atoms in total. The molecular formula is C22H19BrN2O6S. The van der Waals surface area contributed by atoms with Gasteiger partial charge in [0.2, 0.25) is 0 Å². The second kappa shape index (κ2) is 10.5. The summed E-state index contributed by atoms with van der Waals surface area (Å²) < 4.78 is 10.7. The van der Waals surface area contributed by atoms with E-state index in [-0.39, 0.29) is 17.4 Å². The Morgan fingerprint density at radius 1 is 1.19 bits per heavy atom. The molecule has 1 fully saturated rings. The third kappa shape index (κ3) is 5.77. The van der Waals surface area contributed by atoms with Crippen molar-refractivity contribution in [2.75, 3.05) is 25.6 Å². The Balaban J connectivity index is 1.63. The molecule has 32 heavy (non-hydrogen) atoms. The monoisotopic (exact) mass is 518 g/mol. The van der Waals surface area contributed by atoms with Gasteiger partial charge in [-0.05, 0) is 70.0 Å². The van der Waals surface area contributed by atoms with Gasteiger partial charge in [0.1, 0.15) is 12.3 Å². The zero-order valence-corrected chi connectivity index (χ0v) is 19.6. The first-order valence-electron chi connectivity index (χ1n) is 9.38. The van der Waals surface area contributed by atoms with Crippen LogP contribution in [0.5, 0.6) is 5.75 Å². The number of aryl methyl sites for hydroxylation is 1. The van der Waals surface area contributed by atoms with E-state index in [0.29, 0.717) is 15.8 Å². The molecule has 2 aromatic rings. The number of amides is 3. The number of halogens is 1. The Morgan fingerprint density at radius 2 is 1.94 bits per heavy atom. The number of methoxy groups -OCH3 is 1. The van der Waals surface area contributed by atoms with Gasteiger partial charge in [0, 0.05) is 5.69 Å². The van der Waals surface area contributed by atoms with Gasteiger partial charge >= 0.3 is 5.97 Å². The fraction of sp³-hybridized carbons (Fsp3) is 0.182. The lowest BCUT2D eigenvalue weighted by Gasteiger charge is -2.11. The smallest absolute Gasteiger partial charge is 0.325 e. The molecule has 10 heteroatoms. The number of carbonyl (C=O) groups excluding carboxylic acids is 4. The van der Waals surface area contributed by atoms with Crippen molar-refractivity contribution in [3.05, 3.63) is 63.0 Å². The molecule has 0 radical (unpaired) electrons. The minimum Gasteiger partial charge on any atom is -0.483 e. The Bertz CT molecular complexity index is 1120. The van der Waals surface area contributed by atoms with Crippen LogP contribution in [0.1, 0.15) is 11.1 Å². The van der Waals surface area contributed by atoms with Crippen LogP contribution in [0.2, 0.25) is 0 Å². The van der Waals surface area contributed by atoms with Crippen LogP contribution in [0.15, 0.2) is 51.8 Å². The molecule has 166 valence electrons. The molecule has 3 amide bonds. The summed E-state index contributed by atoms with van der Waals surface area (Å²) in [5.41, 5.74) is 2.30. The maximum absolute atomic E-state index is 12.4. The Morgan fingerprint density at radius 3 is 2.62 bits per heavy atom. The van der Waals surface area contributed by atoms with Crippen LogP contribution >= 0.6 is 27.7 Å². The lowest BCUT2D eigenvalue weighted by atomic mass is 10.2.